The first-order valence-corrected chi connectivity index (χ1v) is 11.9. The lowest BCUT2D eigenvalue weighted by molar-refractivity contribution is -0.119. The first-order chi connectivity index (χ1) is 13.5. The molecule has 2 rings (SSSR count). The van der Waals surface area contributed by atoms with Crippen LogP contribution in [0.3, 0.4) is 0 Å². The summed E-state index contributed by atoms with van der Waals surface area (Å²) in [6.45, 7) is 6.12. The first kappa shape index (κ1) is 22.8. The van der Waals surface area contributed by atoms with Gasteiger partial charge in [-0.2, -0.15) is 11.8 Å². The fraction of sp³-hybridized carbons (Fsp3) is 0.652. The lowest BCUT2D eigenvalue weighted by atomic mass is 9.97. The van der Waals surface area contributed by atoms with Crippen molar-refractivity contribution in [3.8, 4) is 0 Å². The Morgan fingerprint density at radius 3 is 2.21 bits per heavy atom. The summed E-state index contributed by atoms with van der Waals surface area (Å²) in [4.78, 5) is 24.4. The average molecular weight is 405 g/mol. The Bertz CT molecular complexity index is 629. The number of benzene rings is 1. The standard InChI is InChI=1S/C23H36N2O2S/c1-17-14-18(2)23(19(3)15-17)25-21(26)12-9-13-28-16-22(27)24-20-10-7-5-4-6-8-11-20/h14-15,20H,4-13,16H2,1-3H3,(H,24,27)(H,25,26). The minimum atomic E-state index is 0.0506. The van der Waals surface area contributed by atoms with Crippen molar-refractivity contribution in [1.29, 1.82) is 0 Å². The number of carbonyl (C=O) groups excluding carboxylic acids is 2. The summed E-state index contributed by atoms with van der Waals surface area (Å²) < 4.78 is 0. The zero-order valence-electron chi connectivity index (χ0n) is 17.7. The Kier molecular flexibility index (Phi) is 9.89. The van der Waals surface area contributed by atoms with Gasteiger partial charge in [-0.3, -0.25) is 9.59 Å². The van der Waals surface area contributed by atoms with Crippen molar-refractivity contribution in [1.82, 2.24) is 5.32 Å². The van der Waals surface area contributed by atoms with Crippen molar-refractivity contribution in [3.05, 3.63) is 28.8 Å². The fourth-order valence-electron chi connectivity index (χ4n) is 3.95. The van der Waals surface area contributed by atoms with E-state index in [2.05, 4.69) is 29.7 Å². The molecule has 0 unspecified atom stereocenters. The molecule has 1 saturated carbocycles. The lowest BCUT2D eigenvalue weighted by Crippen LogP contribution is -2.36. The molecule has 5 heteroatoms. The van der Waals surface area contributed by atoms with Gasteiger partial charge in [-0.1, -0.05) is 49.8 Å². The lowest BCUT2D eigenvalue weighted by Gasteiger charge is -2.20. The molecule has 0 radical (unpaired) electrons. The molecular formula is C23H36N2O2S. The van der Waals surface area contributed by atoms with E-state index >= 15 is 0 Å². The van der Waals surface area contributed by atoms with Crippen LogP contribution in [0.5, 0.6) is 0 Å². The maximum absolute atomic E-state index is 12.2. The van der Waals surface area contributed by atoms with Gasteiger partial charge in [-0.05, 0) is 56.9 Å². The van der Waals surface area contributed by atoms with E-state index in [1.54, 1.807) is 11.8 Å². The summed E-state index contributed by atoms with van der Waals surface area (Å²) in [5, 5.41) is 6.24. The molecule has 156 valence electrons. The van der Waals surface area contributed by atoms with Gasteiger partial charge in [0.25, 0.3) is 0 Å². The third-order valence-electron chi connectivity index (χ3n) is 5.34. The van der Waals surface area contributed by atoms with Gasteiger partial charge in [0, 0.05) is 18.2 Å². The number of nitrogens with one attached hydrogen (secondary N) is 2. The van der Waals surface area contributed by atoms with Gasteiger partial charge in [-0.25, -0.2) is 0 Å². The number of anilines is 1. The number of carbonyl (C=O) groups is 2. The zero-order valence-corrected chi connectivity index (χ0v) is 18.6. The molecule has 0 spiro atoms. The Hall–Kier alpha value is -1.49. The SMILES string of the molecule is Cc1cc(C)c(NC(=O)CCCSCC(=O)NC2CCCCCCC2)c(C)c1. The summed E-state index contributed by atoms with van der Waals surface area (Å²) in [6, 6.07) is 4.54. The van der Waals surface area contributed by atoms with Gasteiger partial charge in [0.2, 0.25) is 11.8 Å². The summed E-state index contributed by atoms with van der Waals surface area (Å²) in [7, 11) is 0. The summed E-state index contributed by atoms with van der Waals surface area (Å²) in [5.74, 6) is 1.52. The highest BCUT2D eigenvalue weighted by atomic mass is 32.2. The van der Waals surface area contributed by atoms with Crippen LogP contribution in [0.1, 0.15) is 74.5 Å². The minimum Gasteiger partial charge on any atom is -0.353 e. The van der Waals surface area contributed by atoms with Crippen LogP contribution in [0, 0.1) is 20.8 Å². The van der Waals surface area contributed by atoms with E-state index in [1.807, 2.05) is 13.8 Å². The predicted octanol–water partition coefficient (Wildman–Crippen LogP) is 5.29. The Morgan fingerprint density at radius 1 is 0.964 bits per heavy atom. The highest BCUT2D eigenvalue weighted by molar-refractivity contribution is 7.99. The molecule has 1 fully saturated rings. The zero-order chi connectivity index (χ0) is 20.4. The van der Waals surface area contributed by atoms with E-state index in [-0.39, 0.29) is 11.8 Å². The number of hydrogen-bond acceptors (Lipinski definition) is 3. The minimum absolute atomic E-state index is 0.0506. The topological polar surface area (TPSA) is 58.2 Å². The molecule has 0 saturated heterocycles. The average Bonchev–Trinajstić information content (AvgIpc) is 2.60. The molecule has 28 heavy (non-hydrogen) atoms. The van der Waals surface area contributed by atoms with Gasteiger partial charge in [0.05, 0.1) is 5.75 Å². The third-order valence-corrected chi connectivity index (χ3v) is 6.38. The molecule has 0 atom stereocenters. The molecule has 4 nitrogen and oxygen atoms in total. The van der Waals surface area contributed by atoms with Crippen LogP contribution in [-0.4, -0.2) is 29.4 Å². The molecule has 0 heterocycles. The van der Waals surface area contributed by atoms with Crippen LogP contribution in [0.4, 0.5) is 5.69 Å². The van der Waals surface area contributed by atoms with Gasteiger partial charge in [-0.15, -0.1) is 0 Å². The first-order valence-electron chi connectivity index (χ1n) is 10.7. The van der Waals surface area contributed by atoms with Gasteiger partial charge >= 0.3 is 0 Å². The van der Waals surface area contributed by atoms with Crippen molar-refractivity contribution in [2.45, 2.75) is 84.6 Å². The summed E-state index contributed by atoms with van der Waals surface area (Å²) in [6.07, 6.45) is 9.91. The molecule has 1 aromatic carbocycles. The maximum atomic E-state index is 12.2. The quantitative estimate of drug-likeness (QED) is 0.579. The second-order valence-corrected chi connectivity index (χ2v) is 9.19. The van der Waals surface area contributed by atoms with Crippen molar-refractivity contribution in [2.75, 3.05) is 16.8 Å². The van der Waals surface area contributed by atoms with Crippen LogP contribution < -0.4 is 10.6 Å². The highest BCUT2D eigenvalue weighted by Crippen LogP contribution is 2.22. The van der Waals surface area contributed by atoms with Crippen molar-refractivity contribution in [3.63, 3.8) is 0 Å². The third kappa shape index (κ3) is 8.26. The molecule has 0 bridgehead atoms. The monoisotopic (exact) mass is 404 g/mol. The number of thioether (sulfide) groups is 1. The van der Waals surface area contributed by atoms with E-state index in [4.69, 9.17) is 0 Å². The molecular weight excluding hydrogens is 368 g/mol. The summed E-state index contributed by atoms with van der Waals surface area (Å²) in [5.41, 5.74) is 4.35. The number of rotatable bonds is 8. The van der Waals surface area contributed by atoms with E-state index < -0.39 is 0 Å². The fourth-order valence-corrected chi connectivity index (χ4v) is 4.71. The predicted molar refractivity (Wildman–Crippen MR) is 120 cm³/mol. The van der Waals surface area contributed by atoms with Crippen LogP contribution in [-0.2, 0) is 9.59 Å². The molecule has 2 N–H and O–H groups in total. The van der Waals surface area contributed by atoms with Crippen LogP contribution in [0.25, 0.3) is 0 Å². The molecule has 0 aromatic heterocycles. The second kappa shape index (κ2) is 12.2. The van der Waals surface area contributed by atoms with Gasteiger partial charge in [0.15, 0.2) is 0 Å². The summed E-state index contributed by atoms with van der Waals surface area (Å²) >= 11 is 1.62. The largest absolute Gasteiger partial charge is 0.353 e. The van der Waals surface area contributed by atoms with Crippen molar-refractivity contribution in [2.24, 2.45) is 0 Å². The van der Waals surface area contributed by atoms with Crippen molar-refractivity contribution >= 4 is 29.3 Å². The maximum Gasteiger partial charge on any atom is 0.230 e. The van der Waals surface area contributed by atoms with Crippen LogP contribution in [0.15, 0.2) is 12.1 Å². The van der Waals surface area contributed by atoms with E-state index in [0.29, 0.717) is 18.2 Å². The molecule has 2 amide bonds. The van der Waals surface area contributed by atoms with E-state index in [9.17, 15) is 9.59 Å². The number of hydrogen-bond donors (Lipinski definition) is 2. The molecule has 1 aliphatic rings. The van der Waals surface area contributed by atoms with E-state index in [0.717, 1.165) is 41.8 Å². The smallest absolute Gasteiger partial charge is 0.230 e. The second-order valence-electron chi connectivity index (χ2n) is 8.09. The van der Waals surface area contributed by atoms with Crippen LogP contribution in [0.2, 0.25) is 0 Å². The van der Waals surface area contributed by atoms with E-state index in [1.165, 1.54) is 37.7 Å². The molecule has 1 aliphatic carbocycles. The number of amides is 2. The highest BCUT2D eigenvalue weighted by Gasteiger charge is 2.14. The van der Waals surface area contributed by atoms with Crippen LogP contribution >= 0.6 is 11.8 Å². The molecule has 0 aliphatic heterocycles. The Labute approximate surface area is 174 Å². The Balaban J connectivity index is 1.60. The van der Waals surface area contributed by atoms with Crippen molar-refractivity contribution < 1.29 is 9.59 Å². The number of aryl methyl sites for hydroxylation is 3. The normalized spacial score (nSPS) is 15.5. The van der Waals surface area contributed by atoms with Gasteiger partial charge in [0.1, 0.15) is 0 Å². The Morgan fingerprint density at radius 2 is 1.57 bits per heavy atom. The molecule has 1 aromatic rings. The van der Waals surface area contributed by atoms with Gasteiger partial charge < -0.3 is 10.6 Å².